The van der Waals surface area contributed by atoms with Crippen LogP contribution < -0.4 is 10.6 Å². The average molecular weight is 258 g/mol. The van der Waals surface area contributed by atoms with Gasteiger partial charge in [-0.25, -0.2) is 0 Å². The molecule has 1 atom stereocenters. The van der Waals surface area contributed by atoms with E-state index < -0.39 is 18.5 Å². The summed E-state index contributed by atoms with van der Waals surface area (Å²) in [5.41, 5.74) is 1.40. The molecule has 98 valence electrons. The molecule has 0 saturated heterocycles. The second-order valence-electron chi connectivity index (χ2n) is 4.24. The summed E-state index contributed by atoms with van der Waals surface area (Å²) in [6, 6.07) is 4.90. The summed E-state index contributed by atoms with van der Waals surface area (Å²) in [6.45, 7) is 0.211. The Bertz CT molecular complexity index is 471. The molecular weight excluding hydrogens is 245 g/mol. The Morgan fingerprint density at radius 2 is 2.22 bits per heavy atom. The second kappa shape index (κ2) is 4.51. The van der Waals surface area contributed by atoms with E-state index in [0.29, 0.717) is 16.8 Å². The fourth-order valence-corrected chi connectivity index (χ4v) is 2.28. The van der Waals surface area contributed by atoms with Gasteiger partial charge in [0.05, 0.1) is 6.42 Å². The van der Waals surface area contributed by atoms with Crippen LogP contribution in [0.25, 0.3) is 0 Å². The predicted octanol–water partition coefficient (Wildman–Crippen LogP) is 2.51. The van der Waals surface area contributed by atoms with Gasteiger partial charge in [0, 0.05) is 30.8 Å². The Balaban J connectivity index is 2.38. The predicted molar refractivity (Wildman–Crippen MR) is 61.7 cm³/mol. The third kappa shape index (κ3) is 2.42. The van der Waals surface area contributed by atoms with Gasteiger partial charge in [0.1, 0.15) is 0 Å². The maximum atomic E-state index is 12.5. The summed E-state index contributed by atoms with van der Waals surface area (Å²) in [4.78, 5) is 11.7. The Kier molecular flexibility index (Phi) is 3.19. The molecule has 0 aromatic heterocycles. The lowest BCUT2D eigenvalue weighted by Crippen LogP contribution is -2.21. The molecule has 1 amide bonds. The van der Waals surface area contributed by atoms with E-state index in [2.05, 4.69) is 10.6 Å². The Morgan fingerprint density at radius 3 is 2.83 bits per heavy atom. The zero-order chi connectivity index (χ0) is 13.3. The number of anilines is 1. The molecule has 0 radical (unpaired) electrons. The normalized spacial score (nSPS) is 18.1. The van der Waals surface area contributed by atoms with Crippen LogP contribution in [0.15, 0.2) is 18.2 Å². The van der Waals surface area contributed by atoms with Gasteiger partial charge in [0.15, 0.2) is 0 Å². The molecule has 0 saturated carbocycles. The summed E-state index contributed by atoms with van der Waals surface area (Å²) in [7, 11) is 1.46. The minimum absolute atomic E-state index is 0.211. The first-order chi connectivity index (χ1) is 8.42. The number of fused-ring (bicyclic) bond motifs is 1. The SMILES string of the molecule is CNC(=O)c1cccc2c1C(CC(F)(F)F)CN2. The molecule has 2 rings (SSSR count). The quantitative estimate of drug-likeness (QED) is 0.855. The number of benzene rings is 1. The second-order valence-corrected chi connectivity index (χ2v) is 4.24. The van der Waals surface area contributed by atoms with Gasteiger partial charge < -0.3 is 10.6 Å². The van der Waals surface area contributed by atoms with E-state index >= 15 is 0 Å². The molecular formula is C12H13F3N2O. The van der Waals surface area contributed by atoms with Crippen LogP contribution >= 0.6 is 0 Å². The first kappa shape index (κ1) is 12.7. The van der Waals surface area contributed by atoms with Crippen LogP contribution in [-0.2, 0) is 0 Å². The van der Waals surface area contributed by atoms with E-state index in [1.165, 1.54) is 7.05 Å². The van der Waals surface area contributed by atoms with Crippen molar-refractivity contribution in [2.75, 3.05) is 18.9 Å². The number of carbonyl (C=O) groups excluding carboxylic acids is 1. The van der Waals surface area contributed by atoms with E-state index in [1.54, 1.807) is 18.2 Å². The number of hydrogen-bond donors (Lipinski definition) is 2. The fraction of sp³-hybridized carbons (Fsp3) is 0.417. The summed E-state index contributed by atoms with van der Waals surface area (Å²) in [5, 5.41) is 5.36. The van der Waals surface area contributed by atoms with E-state index in [9.17, 15) is 18.0 Å². The number of hydrogen-bond acceptors (Lipinski definition) is 2. The molecule has 1 aliphatic rings. The van der Waals surface area contributed by atoms with Crippen LogP contribution in [0.5, 0.6) is 0 Å². The maximum absolute atomic E-state index is 12.5. The van der Waals surface area contributed by atoms with Gasteiger partial charge >= 0.3 is 6.18 Å². The first-order valence-electron chi connectivity index (χ1n) is 5.58. The first-order valence-corrected chi connectivity index (χ1v) is 5.58. The lowest BCUT2D eigenvalue weighted by atomic mass is 9.92. The van der Waals surface area contributed by atoms with Crippen molar-refractivity contribution in [1.29, 1.82) is 0 Å². The molecule has 18 heavy (non-hydrogen) atoms. The Labute approximate surface area is 102 Å². The van der Waals surface area contributed by atoms with Gasteiger partial charge in [-0.1, -0.05) is 6.07 Å². The molecule has 6 heteroatoms. The summed E-state index contributed by atoms with van der Waals surface area (Å²) >= 11 is 0. The third-order valence-electron chi connectivity index (χ3n) is 3.00. The summed E-state index contributed by atoms with van der Waals surface area (Å²) < 4.78 is 37.5. The zero-order valence-electron chi connectivity index (χ0n) is 9.77. The largest absolute Gasteiger partial charge is 0.389 e. The van der Waals surface area contributed by atoms with Gasteiger partial charge in [-0.3, -0.25) is 4.79 Å². The molecule has 1 unspecified atom stereocenters. The van der Waals surface area contributed by atoms with Crippen LogP contribution in [0.3, 0.4) is 0 Å². The minimum Gasteiger partial charge on any atom is -0.384 e. The average Bonchev–Trinajstić information content (AvgIpc) is 2.69. The highest BCUT2D eigenvalue weighted by atomic mass is 19.4. The van der Waals surface area contributed by atoms with Crippen molar-refractivity contribution in [2.24, 2.45) is 0 Å². The molecule has 0 bridgehead atoms. The number of rotatable bonds is 2. The van der Waals surface area contributed by atoms with Crippen molar-refractivity contribution >= 4 is 11.6 Å². The van der Waals surface area contributed by atoms with Crippen LogP contribution in [0.2, 0.25) is 0 Å². The van der Waals surface area contributed by atoms with E-state index in [-0.39, 0.29) is 12.5 Å². The van der Waals surface area contributed by atoms with Gasteiger partial charge in [-0.2, -0.15) is 13.2 Å². The molecule has 1 aliphatic heterocycles. The molecule has 0 spiro atoms. The van der Waals surface area contributed by atoms with Crippen molar-refractivity contribution in [3.63, 3.8) is 0 Å². The van der Waals surface area contributed by atoms with Crippen LogP contribution in [-0.4, -0.2) is 25.7 Å². The van der Waals surface area contributed by atoms with Crippen molar-refractivity contribution in [1.82, 2.24) is 5.32 Å². The molecule has 1 heterocycles. The van der Waals surface area contributed by atoms with Gasteiger partial charge in [0.25, 0.3) is 5.91 Å². The van der Waals surface area contributed by atoms with Crippen molar-refractivity contribution in [3.05, 3.63) is 29.3 Å². The van der Waals surface area contributed by atoms with Crippen LogP contribution in [0, 0.1) is 0 Å². The third-order valence-corrected chi connectivity index (χ3v) is 3.00. The molecule has 2 N–H and O–H groups in total. The van der Waals surface area contributed by atoms with E-state index in [4.69, 9.17) is 0 Å². The summed E-state index contributed by atoms with van der Waals surface area (Å²) in [6.07, 6.45) is -5.15. The lowest BCUT2D eigenvalue weighted by Gasteiger charge is -2.15. The van der Waals surface area contributed by atoms with Crippen LogP contribution in [0.1, 0.15) is 28.3 Å². The van der Waals surface area contributed by atoms with Crippen LogP contribution in [0.4, 0.5) is 18.9 Å². The molecule has 0 aliphatic carbocycles. The molecule has 3 nitrogen and oxygen atoms in total. The topological polar surface area (TPSA) is 41.1 Å². The van der Waals surface area contributed by atoms with Gasteiger partial charge in [-0.15, -0.1) is 0 Å². The maximum Gasteiger partial charge on any atom is 0.389 e. The fourth-order valence-electron chi connectivity index (χ4n) is 2.28. The van der Waals surface area contributed by atoms with Crippen molar-refractivity contribution in [3.8, 4) is 0 Å². The highest BCUT2D eigenvalue weighted by Crippen LogP contribution is 2.40. The van der Waals surface area contributed by atoms with Crippen molar-refractivity contribution in [2.45, 2.75) is 18.5 Å². The van der Waals surface area contributed by atoms with Gasteiger partial charge in [-0.05, 0) is 17.7 Å². The number of carbonyl (C=O) groups is 1. The lowest BCUT2D eigenvalue weighted by molar-refractivity contribution is -0.137. The van der Waals surface area contributed by atoms with Gasteiger partial charge in [0.2, 0.25) is 0 Å². The monoisotopic (exact) mass is 258 g/mol. The number of nitrogens with one attached hydrogen (secondary N) is 2. The standard InChI is InChI=1S/C12H13F3N2O/c1-16-11(18)8-3-2-4-9-10(8)7(6-17-9)5-12(13,14)15/h2-4,7,17H,5-6H2,1H3,(H,16,18). The number of alkyl halides is 3. The zero-order valence-corrected chi connectivity index (χ0v) is 9.77. The summed E-state index contributed by atoms with van der Waals surface area (Å²) in [5.74, 6) is -1.06. The highest BCUT2D eigenvalue weighted by molar-refractivity contribution is 5.97. The van der Waals surface area contributed by atoms with Crippen molar-refractivity contribution < 1.29 is 18.0 Å². The Hall–Kier alpha value is -1.72. The molecule has 0 fully saturated rings. The van der Waals surface area contributed by atoms with E-state index in [0.717, 1.165) is 0 Å². The number of halogens is 3. The number of amides is 1. The minimum atomic E-state index is -4.23. The molecule has 1 aromatic rings. The smallest absolute Gasteiger partial charge is 0.384 e. The molecule has 1 aromatic carbocycles. The Morgan fingerprint density at radius 1 is 1.50 bits per heavy atom. The highest BCUT2D eigenvalue weighted by Gasteiger charge is 2.37. The van der Waals surface area contributed by atoms with E-state index in [1.807, 2.05) is 0 Å².